The lowest BCUT2D eigenvalue weighted by Gasteiger charge is -2.13. The highest BCUT2D eigenvalue weighted by atomic mass is 35.5. The highest BCUT2D eigenvalue weighted by molar-refractivity contribution is 6.30. The number of hydrogen-bond acceptors (Lipinski definition) is 3. The van der Waals surface area contributed by atoms with Gasteiger partial charge in [0.15, 0.2) is 0 Å². The van der Waals surface area contributed by atoms with Crippen LogP contribution in [0, 0.1) is 0 Å². The van der Waals surface area contributed by atoms with Crippen LogP contribution in [0.25, 0.3) is 0 Å². The Kier molecular flexibility index (Phi) is 3.69. The van der Waals surface area contributed by atoms with Crippen LogP contribution in [0.4, 0.5) is 0 Å². The fourth-order valence-electron chi connectivity index (χ4n) is 1.15. The van der Waals surface area contributed by atoms with E-state index < -0.39 is 6.04 Å². The normalized spacial score (nSPS) is 12.9. The molecule has 0 aromatic heterocycles. The van der Waals surface area contributed by atoms with Crippen LogP contribution in [0.3, 0.4) is 0 Å². The van der Waals surface area contributed by atoms with E-state index in [1.807, 2.05) is 0 Å². The van der Waals surface area contributed by atoms with Gasteiger partial charge in [0.2, 0.25) is 0 Å². The zero-order valence-electron chi connectivity index (χ0n) is 7.07. The summed E-state index contributed by atoms with van der Waals surface area (Å²) in [5.74, 6) is 0. The van der Waals surface area contributed by atoms with E-state index in [2.05, 4.69) is 0 Å². The predicted molar refractivity (Wildman–Crippen MR) is 51.4 cm³/mol. The van der Waals surface area contributed by atoms with Crippen LogP contribution < -0.4 is 5.73 Å². The summed E-state index contributed by atoms with van der Waals surface area (Å²) in [5.41, 5.74) is 7.01. The minimum atomic E-state index is -0.485. The molecule has 0 fully saturated rings. The average Bonchev–Trinajstić information content (AvgIpc) is 2.16. The van der Waals surface area contributed by atoms with Gasteiger partial charge in [0.25, 0.3) is 0 Å². The Morgan fingerprint density at radius 1 is 1.38 bits per heavy atom. The van der Waals surface area contributed by atoms with Crippen molar-refractivity contribution in [2.24, 2.45) is 5.73 Å². The number of rotatable bonds is 3. The molecule has 0 aliphatic carbocycles. The van der Waals surface area contributed by atoms with Crippen molar-refractivity contribution in [1.82, 2.24) is 0 Å². The summed E-state index contributed by atoms with van der Waals surface area (Å²) < 4.78 is 0. The summed E-state index contributed by atoms with van der Waals surface area (Å²) in [6, 6.07) is 4.56. The lowest BCUT2D eigenvalue weighted by atomic mass is 10.0. The zero-order chi connectivity index (χ0) is 9.84. The van der Waals surface area contributed by atoms with Crippen molar-refractivity contribution in [2.75, 3.05) is 6.61 Å². The molecule has 0 saturated carbocycles. The minimum Gasteiger partial charge on any atom is -0.394 e. The largest absolute Gasteiger partial charge is 0.394 e. The number of nitrogens with two attached hydrogens (primary N) is 1. The molecule has 0 amide bonds. The fraction of sp³-hybridized carbons (Fsp3) is 0.333. The topological polar surface area (TPSA) is 66.5 Å². The van der Waals surface area contributed by atoms with Gasteiger partial charge in [-0.2, -0.15) is 0 Å². The van der Waals surface area contributed by atoms with Gasteiger partial charge < -0.3 is 15.9 Å². The number of hydrogen-bond donors (Lipinski definition) is 3. The van der Waals surface area contributed by atoms with E-state index in [-0.39, 0.29) is 13.2 Å². The molecule has 0 heterocycles. The fourth-order valence-corrected chi connectivity index (χ4v) is 1.33. The molecule has 1 aromatic carbocycles. The number of halogens is 1. The van der Waals surface area contributed by atoms with Crippen LogP contribution in [-0.4, -0.2) is 16.8 Å². The van der Waals surface area contributed by atoms with E-state index >= 15 is 0 Å². The van der Waals surface area contributed by atoms with E-state index in [4.69, 9.17) is 27.5 Å². The first-order valence-electron chi connectivity index (χ1n) is 3.94. The molecule has 4 N–H and O–H groups in total. The van der Waals surface area contributed by atoms with E-state index in [1.165, 1.54) is 0 Å². The highest BCUT2D eigenvalue weighted by Crippen LogP contribution is 2.20. The molecule has 0 aliphatic rings. The molecule has 0 radical (unpaired) electrons. The quantitative estimate of drug-likeness (QED) is 0.679. The third-order valence-corrected chi connectivity index (χ3v) is 2.11. The van der Waals surface area contributed by atoms with Crippen molar-refractivity contribution in [3.63, 3.8) is 0 Å². The monoisotopic (exact) mass is 201 g/mol. The van der Waals surface area contributed by atoms with Gasteiger partial charge in [-0.3, -0.25) is 0 Å². The van der Waals surface area contributed by atoms with Crippen molar-refractivity contribution < 1.29 is 10.2 Å². The number of aliphatic hydroxyl groups is 2. The van der Waals surface area contributed by atoms with E-state index in [9.17, 15) is 0 Å². The molecule has 0 saturated heterocycles. The zero-order valence-corrected chi connectivity index (χ0v) is 7.83. The first-order valence-corrected chi connectivity index (χ1v) is 4.32. The van der Waals surface area contributed by atoms with Crippen LogP contribution in [0.1, 0.15) is 17.2 Å². The van der Waals surface area contributed by atoms with Gasteiger partial charge in [0.1, 0.15) is 0 Å². The third-order valence-electron chi connectivity index (χ3n) is 1.87. The summed E-state index contributed by atoms with van der Waals surface area (Å²) in [6.07, 6.45) is 0. The van der Waals surface area contributed by atoms with E-state index in [0.29, 0.717) is 16.1 Å². The molecule has 0 bridgehead atoms. The van der Waals surface area contributed by atoms with Crippen LogP contribution in [0.5, 0.6) is 0 Å². The van der Waals surface area contributed by atoms with Crippen LogP contribution in [0.2, 0.25) is 5.02 Å². The molecule has 13 heavy (non-hydrogen) atoms. The number of aliphatic hydroxyl groups excluding tert-OH is 2. The molecular weight excluding hydrogens is 190 g/mol. The van der Waals surface area contributed by atoms with Crippen molar-refractivity contribution in [3.8, 4) is 0 Å². The smallest absolute Gasteiger partial charge is 0.0685 e. The summed E-state index contributed by atoms with van der Waals surface area (Å²) in [7, 11) is 0. The molecule has 0 spiro atoms. The summed E-state index contributed by atoms with van der Waals surface area (Å²) in [4.78, 5) is 0. The van der Waals surface area contributed by atoms with Gasteiger partial charge in [-0.25, -0.2) is 0 Å². The summed E-state index contributed by atoms with van der Waals surface area (Å²) >= 11 is 5.76. The predicted octanol–water partition coefficient (Wildman–Crippen LogP) is 0.824. The van der Waals surface area contributed by atoms with Gasteiger partial charge >= 0.3 is 0 Å². The molecule has 0 aliphatic heterocycles. The lowest BCUT2D eigenvalue weighted by Crippen LogP contribution is -2.16. The van der Waals surface area contributed by atoms with E-state index in [1.54, 1.807) is 18.2 Å². The van der Waals surface area contributed by atoms with Crippen molar-refractivity contribution >= 4 is 11.6 Å². The average molecular weight is 202 g/mol. The SMILES string of the molecule is N[C@H](CO)c1cc(Cl)ccc1CO. The second-order valence-corrected chi connectivity index (χ2v) is 3.23. The van der Waals surface area contributed by atoms with Crippen LogP contribution in [0.15, 0.2) is 18.2 Å². The Morgan fingerprint density at radius 2 is 2.08 bits per heavy atom. The molecule has 0 unspecified atom stereocenters. The van der Waals surface area contributed by atoms with Gasteiger partial charge in [-0.1, -0.05) is 17.7 Å². The van der Waals surface area contributed by atoms with Gasteiger partial charge in [-0.15, -0.1) is 0 Å². The molecule has 1 rings (SSSR count). The molecule has 1 atom stereocenters. The molecule has 1 aromatic rings. The maximum atomic E-state index is 8.97. The maximum Gasteiger partial charge on any atom is 0.0685 e. The van der Waals surface area contributed by atoms with Crippen molar-refractivity contribution in [1.29, 1.82) is 0 Å². The summed E-state index contributed by atoms with van der Waals surface area (Å²) in [5, 5.41) is 18.4. The van der Waals surface area contributed by atoms with Crippen molar-refractivity contribution in [2.45, 2.75) is 12.6 Å². The highest BCUT2D eigenvalue weighted by Gasteiger charge is 2.09. The van der Waals surface area contributed by atoms with Gasteiger partial charge in [0, 0.05) is 5.02 Å². The molecule has 4 heteroatoms. The first-order chi connectivity index (χ1) is 6.19. The first kappa shape index (κ1) is 10.5. The van der Waals surface area contributed by atoms with Gasteiger partial charge in [-0.05, 0) is 23.3 Å². The summed E-state index contributed by atoms with van der Waals surface area (Å²) in [6.45, 7) is -0.256. The second-order valence-electron chi connectivity index (χ2n) is 2.79. The second kappa shape index (κ2) is 4.58. The van der Waals surface area contributed by atoms with Crippen molar-refractivity contribution in [3.05, 3.63) is 34.3 Å². The molecule has 3 nitrogen and oxygen atoms in total. The standard InChI is InChI=1S/C9H12ClNO2/c10-7-2-1-6(4-12)8(3-7)9(11)5-13/h1-3,9,12-13H,4-5,11H2/t9-/m1/s1. The Morgan fingerprint density at radius 3 is 2.62 bits per heavy atom. The Labute approximate surface area is 81.8 Å². The van der Waals surface area contributed by atoms with Gasteiger partial charge in [0.05, 0.1) is 19.3 Å². The van der Waals surface area contributed by atoms with Crippen LogP contribution in [-0.2, 0) is 6.61 Å². The third kappa shape index (κ3) is 2.42. The molecular formula is C9H12ClNO2. The Hall–Kier alpha value is -0.610. The maximum absolute atomic E-state index is 8.97. The van der Waals surface area contributed by atoms with Crippen LogP contribution >= 0.6 is 11.6 Å². The molecule has 72 valence electrons. The Bertz CT molecular complexity index is 291. The van der Waals surface area contributed by atoms with E-state index in [0.717, 1.165) is 0 Å². The minimum absolute atomic E-state index is 0.0970. The lowest BCUT2D eigenvalue weighted by molar-refractivity contribution is 0.259. The number of benzene rings is 1. The Balaban J connectivity index is 3.07.